The van der Waals surface area contributed by atoms with Crippen molar-refractivity contribution in [3.8, 4) is 0 Å². The lowest BCUT2D eigenvalue weighted by molar-refractivity contribution is -0.115. The van der Waals surface area contributed by atoms with E-state index >= 15 is 0 Å². The molecule has 0 aromatic carbocycles. The molecule has 2 heterocycles. The highest BCUT2D eigenvalue weighted by Gasteiger charge is 2.22. The maximum absolute atomic E-state index is 12.6. The summed E-state index contributed by atoms with van der Waals surface area (Å²) < 4.78 is 11.5. The molecule has 0 aliphatic heterocycles. The molecule has 0 fully saturated rings. The number of carbonyl (C=O) groups is 1. The Bertz CT molecular complexity index is 975. The number of amides is 1. The predicted molar refractivity (Wildman–Crippen MR) is 114 cm³/mol. The van der Waals surface area contributed by atoms with E-state index in [9.17, 15) is 14.4 Å². The summed E-state index contributed by atoms with van der Waals surface area (Å²) in [6.07, 6.45) is 0. The van der Waals surface area contributed by atoms with Crippen LogP contribution in [0.1, 0.15) is 39.3 Å². The normalized spacial score (nSPS) is 11.3. The molecule has 0 aliphatic rings. The van der Waals surface area contributed by atoms with Crippen LogP contribution in [0.5, 0.6) is 0 Å². The number of H-pyrrole nitrogens is 1. The summed E-state index contributed by atoms with van der Waals surface area (Å²) in [4.78, 5) is 41.1. The molecule has 2 aromatic heterocycles. The third-order valence-electron chi connectivity index (χ3n) is 4.36. The summed E-state index contributed by atoms with van der Waals surface area (Å²) in [5.74, 6) is 0.0576. The van der Waals surface area contributed by atoms with Crippen LogP contribution in [0.4, 0.5) is 17.4 Å². The Labute approximate surface area is 174 Å². The Kier molecular flexibility index (Phi) is 7.81. The number of nitrogens with zero attached hydrogens (tertiary/aromatic N) is 3. The average Bonchev–Trinajstić information content (AvgIpc) is 3.11. The van der Waals surface area contributed by atoms with Crippen LogP contribution in [0.2, 0.25) is 0 Å². The summed E-state index contributed by atoms with van der Waals surface area (Å²) in [6.45, 7) is 8.35. The highest BCUT2D eigenvalue weighted by atomic mass is 16.5. The Hall–Kier alpha value is -3.08. The van der Waals surface area contributed by atoms with Crippen LogP contribution < -0.4 is 27.2 Å². The van der Waals surface area contributed by atoms with Gasteiger partial charge >= 0.3 is 5.69 Å². The van der Waals surface area contributed by atoms with Crippen LogP contribution in [-0.2, 0) is 16.1 Å². The molecule has 0 spiro atoms. The van der Waals surface area contributed by atoms with Gasteiger partial charge in [-0.15, -0.1) is 0 Å². The fraction of sp³-hybridized carbons (Fsp3) is 0.579. The molecule has 11 nitrogen and oxygen atoms in total. The summed E-state index contributed by atoms with van der Waals surface area (Å²) in [6, 6.07) is 1.64. The first kappa shape index (κ1) is 23.2. The molecular weight excluding hydrogens is 392 g/mol. The Morgan fingerprint density at radius 3 is 2.63 bits per heavy atom. The molecule has 0 saturated carbocycles. The molecule has 4 N–H and O–H groups in total. The molecule has 0 radical (unpaired) electrons. The molecule has 11 heteroatoms. The monoisotopic (exact) mass is 422 g/mol. The quantitative estimate of drug-likeness (QED) is 0.513. The van der Waals surface area contributed by atoms with Gasteiger partial charge < -0.3 is 19.9 Å². The van der Waals surface area contributed by atoms with Crippen molar-refractivity contribution < 1.29 is 14.1 Å². The highest BCUT2D eigenvalue weighted by molar-refractivity contribution is 5.93. The molecule has 0 atom stereocenters. The van der Waals surface area contributed by atoms with Crippen molar-refractivity contribution in [3.63, 3.8) is 0 Å². The lowest BCUT2D eigenvalue weighted by Gasteiger charge is -2.25. The second kappa shape index (κ2) is 10.1. The fourth-order valence-corrected chi connectivity index (χ4v) is 2.87. The first-order valence-corrected chi connectivity index (χ1v) is 9.77. The zero-order chi connectivity index (χ0) is 22.4. The molecule has 0 aliphatic carbocycles. The third-order valence-corrected chi connectivity index (χ3v) is 4.36. The van der Waals surface area contributed by atoms with E-state index in [0.29, 0.717) is 12.2 Å². The van der Waals surface area contributed by atoms with Gasteiger partial charge in [-0.1, -0.05) is 32.9 Å². The average molecular weight is 422 g/mol. The number of aromatic amines is 1. The van der Waals surface area contributed by atoms with Gasteiger partial charge in [0.2, 0.25) is 11.8 Å². The zero-order valence-corrected chi connectivity index (χ0v) is 18.0. The maximum atomic E-state index is 12.6. The molecule has 2 aromatic rings. The molecule has 0 unspecified atom stereocenters. The van der Waals surface area contributed by atoms with Crippen LogP contribution in [0, 0.1) is 5.92 Å². The standard InChI is InChI=1S/C19H30N6O5/c1-11(2)9-25-17(20)16(18(27)22-19(25)28)24(6-7-29-5)10-14(26)21-15-8-13(12(3)4)23-30-15/h8,11-12H,6-7,9-10,20H2,1-5H3,(H,21,26)(H,22,27,28). The zero-order valence-electron chi connectivity index (χ0n) is 18.0. The molecule has 30 heavy (non-hydrogen) atoms. The van der Waals surface area contributed by atoms with Crippen LogP contribution in [0.3, 0.4) is 0 Å². The Morgan fingerprint density at radius 1 is 1.37 bits per heavy atom. The summed E-state index contributed by atoms with van der Waals surface area (Å²) in [5.41, 5.74) is 5.67. The van der Waals surface area contributed by atoms with E-state index in [1.54, 1.807) is 6.07 Å². The van der Waals surface area contributed by atoms with Crippen LogP contribution >= 0.6 is 0 Å². The number of nitrogen functional groups attached to an aromatic ring is 1. The number of carbonyl (C=O) groups excluding carboxylic acids is 1. The molecule has 1 amide bonds. The van der Waals surface area contributed by atoms with Crippen LogP contribution in [-0.4, -0.2) is 47.4 Å². The van der Waals surface area contributed by atoms with Gasteiger partial charge in [0, 0.05) is 26.3 Å². The number of hydrogen-bond acceptors (Lipinski definition) is 8. The Morgan fingerprint density at radius 2 is 2.07 bits per heavy atom. The number of nitrogens with one attached hydrogen (secondary N) is 2. The maximum Gasteiger partial charge on any atom is 0.330 e. The van der Waals surface area contributed by atoms with Gasteiger partial charge in [-0.3, -0.25) is 24.5 Å². The summed E-state index contributed by atoms with van der Waals surface area (Å²) in [5, 5.41) is 6.52. The first-order valence-electron chi connectivity index (χ1n) is 9.77. The minimum absolute atomic E-state index is 0.00288. The number of rotatable bonds is 10. The minimum atomic E-state index is -0.664. The van der Waals surface area contributed by atoms with E-state index in [4.69, 9.17) is 15.0 Å². The van der Waals surface area contributed by atoms with Crippen LogP contribution in [0.25, 0.3) is 0 Å². The number of nitrogens with two attached hydrogens (primary N) is 1. The van der Waals surface area contributed by atoms with Gasteiger partial charge in [0.1, 0.15) is 11.5 Å². The lowest BCUT2D eigenvalue weighted by Crippen LogP contribution is -2.43. The molecule has 0 bridgehead atoms. The minimum Gasteiger partial charge on any atom is -0.383 e. The number of aromatic nitrogens is 3. The van der Waals surface area contributed by atoms with E-state index < -0.39 is 17.2 Å². The van der Waals surface area contributed by atoms with Crippen molar-refractivity contribution in [2.75, 3.05) is 42.8 Å². The molecule has 166 valence electrons. The van der Waals surface area contributed by atoms with E-state index in [1.165, 1.54) is 16.6 Å². The van der Waals surface area contributed by atoms with Crippen molar-refractivity contribution in [1.29, 1.82) is 0 Å². The van der Waals surface area contributed by atoms with Gasteiger partial charge in [0.15, 0.2) is 0 Å². The first-order chi connectivity index (χ1) is 14.1. The van der Waals surface area contributed by atoms with Crippen LogP contribution in [0.15, 0.2) is 20.2 Å². The SMILES string of the molecule is COCCN(CC(=O)Nc1cc(C(C)C)no1)c1c(N)n(CC(C)C)c(=O)[nH]c1=O. The summed E-state index contributed by atoms with van der Waals surface area (Å²) in [7, 11) is 1.51. The van der Waals surface area contributed by atoms with Gasteiger partial charge in [-0.05, 0) is 11.8 Å². The number of anilines is 3. The predicted octanol–water partition coefficient (Wildman–Crippen LogP) is 0.978. The third kappa shape index (κ3) is 5.72. The molecule has 2 rings (SSSR count). The fourth-order valence-electron chi connectivity index (χ4n) is 2.87. The van der Waals surface area contributed by atoms with Gasteiger partial charge in [0.05, 0.1) is 18.8 Å². The van der Waals surface area contributed by atoms with Crippen molar-refractivity contribution >= 4 is 23.3 Å². The number of methoxy groups -OCH3 is 1. The summed E-state index contributed by atoms with van der Waals surface area (Å²) >= 11 is 0. The second-order valence-corrected chi connectivity index (χ2v) is 7.73. The van der Waals surface area contributed by atoms with Crippen molar-refractivity contribution in [1.82, 2.24) is 14.7 Å². The number of ether oxygens (including phenoxy) is 1. The van der Waals surface area contributed by atoms with Crippen molar-refractivity contribution in [2.45, 2.75) is 40.2 Å². The van der Waals surface area contributed by atoms with Gasteiger partial charge in [0.25, 0.3) is 5.56 Å². The van der Waals surface area contributed by atoms with Crippen molar-refractivity contribution in [3.05, 3.63) is 32.6 Å². The van der Waals surface area contributed by atoms with Gasteiger partial charge in [-0.2, -0.15) is 0 Å². The lowest BCUT2D eigenvalue weighted by atomic mass is 10.1. The Balaban J connectivity index is 2.31. The molecule has 0 saturated heterocycles. The molecular formula is C19H30N6O5. The van der Waals surface area contributed by atoms with E-state index in [-0.39, 0.29) is 48.9 Å². The van der Waals surface area contributed by atoms with E-state index in [0.717, 1.165) is 0 Å². The largest absolute Gasteiger partial charge is 0.383 e. The van der Waals surface area contributed by atoms with Gasteiger partial charge in [-0.25, -0.2) is 4.79 Å². The van der Waals surface area contributed by atoms with Crippen molar-refractivity contribution in [2.24, 2.45) is 5.92 Å². The van der Waals surface area contributed by atoms with E-state index in [1.807, 2.05) is 27.7 Å². The smallest absolute Gasteiger partial charge is 0.330 e. The number of hydrogen-bond donors (Lipinski definition) is 3. The van der Waals surface area contributed by atoms with E-state index in [2.05, 4.69) is 15.5 Å². The highest BCUT2D eigenvalue weighted by Crippen LogP contribution is 2.19. The topological polar surface area (TPSA) is 148 Å². The second-order valence-electron chi connectivity index (χ2n) is 7.73.